The normalized spacial score (nSPS) is 13.6. The van der Waals surface area contributed by atoms with Crippen molar-refractivity contribution < 1.29 is 24.2 Å². The molecule has 0 saturated heterocycles. The number of aliphatic hydroxyl groups excluding tert-OH is 1. The number of hydrogen-bond donors (Lipinski definition) is 3. The number of amides is 1. The second-order valence-corrected chi connectivity index (χ2v) is 4.70. The van der Waals surface area contributed by atoms with Crippen molar-refractivity contribution in [2.75, 3.05) is 13.2 Å². The molecule has 0 aliphatic rings. The zero-order chi connectivity index (χ0) is 14.5. The molecule has 104 valence electrons. The molecule has 0 aromatic heterocycles. The molecule has 0 aliphatic heterocycles. The highest BCUT2D eigenvalue weighted by molar-refractivity contribution is 5.94. The van der Waals surface area contributed by atoms with Crippen molar-refractivity contribution in [2.45, 2.75) is 13.3 Å². The van der Waals surface area contributed by atoms with E-state index in [1.54, 1.807) is 0 Å². The minimum Gasteiger partial charge on any atom is -0.481 e. The third-order valence-corrected chi connectivity index (χ3v) is 2.75. The second kappa shape index (κ2) is 6.29. The molecule has 3 N–H and O–H groups in total. The van der Waals surface area contributed by atoms with Gasteiger partial charge in [-0.2, -0.15) is 0 Å². The number of nitrogens with one attached hydrogen (secondary N) is 1. The molecule has 0 radical (unpaired) electrons. The Morgan fingerprint density at radius 2 is 2.00 bits per heavy atom. The minimum absolute atomic E-state index is 0.0526. The van der Waals surface area contributed by atoms with Gasteiger partial charge in [-0.15, -0.1) is 0 Å². The standard InChI is InChI=1S/C13H16FNO4/c1-13(8-16,6-11(17)18)7-15-12(19)9-4-2-3-5-10(9)14/h2-5,16H,6-8H2,1H3,(H,15,19)(H,17,18). The Bertz CT molecular complexity index is 477. The highest BCUT2D eigenvalue weighted by atomic mass is 19.1. The molecule has 1 aromatic carbocycles. The van der Waals surface area contributed by atoms with E-state index in [9.17, 15) is 19.1 Å². The van der Waals surface area contributed by atoms with Crippen LogP contribution in [0.5, 0.6) is 0 Å². The average molecular weight is 269 g/mol. The average Bonchev–Trinajstić information content (AvgIpc) is 2.36. The van der Waals surface area contributed by atoms with Crippen LogP contribution in [0.1, 0.15) is 23.7 Å². The maximum absolute atomic E-state index is 13.3. The maximum atomic E-state index is 13.3. The topological polar surface area (TPSA) is 86.6 Å². The van der Waals surface area contributed by atoms with Gasteiger partial charge in [0.15, 0.2) is 0 Å². The number of rotatable bonds is 6. The summed E-state index contributed by atoms with van der Waals surface area (Å²) in [6, 6.07) is 5.49. The number of carbonyl (C=O) groups excluding carboxylic acids is 1. The van der Waals surface area contributed by atoms with Gasteiger partial charge in [0.2, 0.25) is 0 Å². The molecular weight excluding hydrogens is 253 g/mol. The fourth-order valence-corrected chi connectivity index (χ4v) is 1.57. The molecule has 0 spiro atoms. The summed E-state index contributed by atoms with van der Waals surface area (Å²) in [5, 5.41) is 20.3. The van der Waals surface area contributed by atoms with Crippen molar-refractivity contribution in [1.29, 1.82) is 0 Å². The molecule has 0 saturated carbocycles. The van der Waals surface area contributed by atoms with Crippen LogP contribution in [0.4, 0.5) is 4.39 Å². The summed E-state index contributed by atoms with van der Waals surface area (Å²) in [5.41, 5.74) is -1.09. The van der Waals surface area contributed by atoms with Gasteiger partial charge in [0.05, 0.1) is 18.6 Å². The van der Waals surface area contributed by atoms with E-state index < -0.39 is 29.7 Å². The van der Waals surface area contributed by atoms with Crippen LogP contribution in [0, 0.1) is 11.2 Å². The van der Waals surface area contributed by atoms with E-state index in [0.717, 1.165) is 6.07 Å². The van der Waals surface area contributed by atoms with Gasteiger partial charge in [0.1, 0.15) is 5.82 Å². The van der Waals surface area contributed by atoms with Gasteiger partial charge in [-0.25, -0.2) is 4.39 Å². The summed E-state index contributed by atoms with van der Waals surface area (Å²) >= 11 is 0. The summed E-state index contributed by atoms with van der Waals surface area (Å²) in [7, 11) is 0. The zero-order valence-electron chi connectivity index (χ0n) is 10.5. The van der Waals surface area contributed by atoms with Gasteiger partial charge < -0.3 is 15.5 Å². The SMILES string of the molecule is CC(CO)(CNC(=O)c1ccccc1F)CC(=O)O. The molecule has 0 bridgehead atoms. The van der Waals surface area contributed by atoms with Crippen molar-refractivity contribution >= 4 is 11.9 Å². The molecule has 0 fully saturated rings. The van der Waals surface area contributed by atoms with Crippen LogP contribution in [-0.4, -0.2) is 35.2 Å². The molecule has 0 heterocycles. The molecule has 19 heavy (non-hydrogen) atoms. The molecule has 1 atom stereocenters. The van der Waals surface area contributed by atoms with E-state index in [0.29, 0.717) is 0 Å². The van der Waals surface area contributed by atoms with E-state index in [-0.39, 0.29) is 18.5 Å². The van der Waals surface area contributed by atoms with Crippen molar-refractivity contribution in [3.63, 3.8) is 0 Å². The summed E-state index contributed by atoms with van der Waals surface area (Å²) in [6.07, 6.45) is -0.291. The molecular formula is C13H16FNO4. The minimum atomic E-state index is -1.07. The van der Waals surface area contributed by atoms with Crippen LogP contribution in [0.2, 0.25) is 0 Å². The lowest BCUT2D eigenvalue weighted by molar-refractivity contribution is -0.140. The first-order valence-electron chi connectivity index (χ1n) is 5.73. The number of hydrogen-bond acceptors (Lipinski definition) is 3. The number of carboxylic acids is 1. The van der Waals surface area contributed by atoms with E-state index >= 15 is 0 Å². The Hall–Kier alpha value is -1.95. The van der Waals surface area contributed by atoms with Crippen LogP contribution >= 0.6 is 0 Å². The number of aliphatic hydroxyl groups is 1. The third-order valence-electron chi connectivity index (χ3n) is 2.75. The van der Waals surface area contributed by atoms with Crippen LogP contribution in [0.15, 0.2) is 24.3 Å². The number of carbonyl (C=O) groups is 2. The van der Waals surface area contributed by atoms with Crippen molar-refractivity contribution in [2.24, 2.45) is 5.41 Å². The van der Waals surface area contributed by atoms with Crippen molar-refractivity contribution in [3.8, 4) is 0 Å². The Morgan fingerprint density at radius 1 is 1.37 bits per heavy atom. The Kier molecular flexibility index (Phi) is 5.00. The quantitative estimate of drug-likeness (QED) is 0.720. The van der Waals surface area contributed by atoms with Gasteiger partial charge in [-0.3, -0.25) is 9.59 Å². The highest BCUT2D eigenvalue weighted by Crippen LogP contribution is 2.19. The van der Waals surface area contributed by atoms with Crippen LogP contribution in [0.3, 0.4) is 0 Å². The predicted octanol–water partition coefficient (Wildman–Crippen LogP) is 1.03. The Morgan fingerprint density at radius 3 is 2.53 bits per heavy atom. The lowest BCUT2D eigenvalue weighted by atomic mass is 9.87. The Balaban J connectivity index is 2.68. The van der Waals surface area contributed by atoms with Gasteiger partial charge in [-0.05, 0) is 12.1 Å². The summed E-state index contributed by atoms with van der Waals surface area (Å²) in [5.74, 6) is -2.36. The first kappa shape index (κ1) is 15.1. The zero-order valence-corrected chi connectivity index (χ0v) is 10.5. The number of halogens is 1. The van der Waals surface area contributed by atoms with Crippen LogP contribution < -0.4 is 5.32 Å². The molecule has 1 unspecified atom stereocenters. The molecule has 1 amide bonds. The lowest BCUT2D eigenvalue weighted by Gasteiger charge is -2.25. The predicted molar refractivity (Wildman–Crippen MR) is 66.2 cm³/mol. The van der Waals surface area contributed by atoms with Gasteiger partial charge >= 0.3 is 5.97 Å². The van der Waals surface area contributed by atoms with Crippen molar-refractivity contribution in [3.05, 3.63) is 35.6 Å². The van der Waals surface area contributed by atoms with Gasteiger partial charge in [0, 0.05) is 12.0 Å². The number of carboxylic acid groups (broad SMARTS) is 1. The number of aliphatic carboxylic acids is 1. The Labute approximate surface area is 110 Å². The fraction of sp³-hybridized carbons (Fsp3) is 0.385. The highest BCUT2D eigenvalue weighted by Gasteiger charge is 2.27. The van der Waals surface area contributed by atoms with Crippen LogP contribution in [0.25, 0.3) is 0 Å². The lowest BCUT2D eigenvalue weighted by Crippen LogP contribution is -2.39. The molecule has 1 rings (SSSR count). The van der Waals surface area contributed by atoms with E-state index in [2.05, 4.69) is 5.32 Å². The molecule has 1 aromatic rings. The maximum Gasteiger partial charge on any atom is 0.304 e. The third kappa shape index (κ3) is 4.33. The van der Waals surface area contributed by atoms with E-state index in [1.165, 1.54) is 25.1 Å². The van der Waals surface area contributed by atoms with Gasteiger partial charge in [0.25, 0.3) is 5.91 Å². The summed E-state index contributed by atoms with van der Waals surface area (Å²) in [4.78, 5) is 22.4. The van der Waals surface area contributed by atoms with E-state index in [4.69, 9.17) is 5.11 Å². The second-order valence-electron chi connectivity index (χ2n) is 4.70. The molecule has 6 heteroatoms. The van der Waals surface area contributed by atoms with E-state index in [1.807, 2.05) is 0 Å². The molecule has 5 nitrogen and oxygen atoms in total. The first-order valence-corrected chi connectivity index (χ1v) is 5.73. The summed E-state index contributed by atoms with van der Waals surface area (Å²) in [6.45, 7) is 1.09. The summed E-state index contributed by atoms with van der Waals surface area (Å²) < 4.78 is 13.3. The smallest absolute Gasteiger partial charge is 0.304 e. The molecule has 0 aliphatic carbocycles. The largest absolute Gasteiger partial charge is 0.481 e. The number of benzene rings is 1. The fourth-order valence-electron chi connectivity index (χ4n) is 1.57. The monoisotopic (exact) mass is 269 g/mol. The van der Waals surface area contributed by atoms with Gasteiger partial charge in [-0.1, -0.05) is 19.1 Å². The van der Waals surface area contributed by atoms with Crippen molar-refractivity contribution in [1.82, 2.24) is 5.32 Å². The van der Waals surface area contributed by atoms with Crippen LogP contribution in [-0.2, 0) is 4.79 Å². The first-order chi connectivity index (χ1) is 8.88.